The lowest BCUT2D eigenvalue weighted by molar-refractivity contribution is 0.309. The van der Waals surface area contributed by atoms with Gasteiger partial charge in [-0.3, -0.25) is 0 Å². The Morgan fingerprint density at radius 1 is 1.25 bits per heavy atom. The van der Waals surface area contributed by atoms with Gasteiger partial charge < -0.3 is 15.8 Å². The van der Waals surface area contributed by atoms with Crippen LogP contribution >= 0.6 is 0 Å². The molecule has 3 heteroatoms. The van der Waals surface area contributed by atoms with E-state index in [9.17, 15) is 0 Å². The molecule has 1 aliphatic carbocycles. The van der Waals surface area contributed by atoms with Gasteiger partial charge >= 0.3 is 0 Å². The van der Waals surface area contributed by atoms with Gasteiger partial charge in [0.05, 0.1) is 6.61 Å². The molecule has 0 atom stereocenters. The van der Waals surface area contributed by atoms with E-state index in [1.165, 1.54) is 32.1 Å². The van der Waals surface area contributed by atoms with Crippen LogP contribution in [0.2, 0.25) is 0 Å². The number of nitrogens with one attached hydrogen (secondary N) is 1. The number of ether oxygens (including phenoxy) is 1. The number of hydrogen-bond donors (Lipinski definition) is 2. The summed E-state index contributed by atoms with van der Waals surface area (Å²) < 4.78 is 5.74. The van der Waals surface area contributed by atoms with Crippen LogP contribution in [0.4, 0.5) is 5.69 Å². The average Bonchev–Trinajstić information content (AvgIpc) is 2.47. The summed E-state index contributed by atoms with van der Waals surface area (Å²) in [5, 5.41) is 3.54. The summed E-state index contributed by atoms with van der Waals surface area (Å²) >= 11 is 0. The van der Waals surface area contributed by atoms with Crippen molar-refractivity contribution >= 4 is 5.69 Å². The van der Waals surface area contributed by atoms with E-state index < -0.39 is 0 Å². The maximum absolute atomic E-state index is 5.95. The standard InChI is InChI=1S/C17H28N2O/c1-2-3-11-20-17-6-4-5-16(12-17)19-13-14-7-9-15(18)10-8-14/h4-6,12,14-15,19H,2-3,7-11,13,18H2,1H3. The molecule has 1 fully saturated rings. The molecule has 0 aliphatic heterocycles. The van der Waals surface area contributed by atoms with Crippen molar-refractivity contribution in [2.75, 3.05) is 18.5 Å². The van der Waals surface area contributed by atoms with Gasteiger partial charge in [-0.2, -0.15) is 0 Å². The smallest absolute Gasteiger partial charge is 0.121 e. The van der Waals surface area contributed by atoms with E-state index in [4.69, 9.17) is 10.5 Å². The molecule has 2 rings (SSSR count). The molecule has 20 heavy (non-hydrogen) atoms. The van der Waals surface area contributed by atoms with Crippen LogP contribution in [0.1, 0.15) is 45.4 Å². The highest BCUT2D eigenvalue weighted by Gasteiger charge is 2.17. The lowest BCUT2D eigenvalue weighted by atomic mass is 9.86. The molecule has 0 bridgehead atoms. The molecule has 1 aliphatic rings. The molecule has 1 aromatic carbocycles. The van der Waals surface area contributed by atoms with E-state index in [0.29, 0.717) is 6.04 Å². The van der Waals surface area contributed by atoms with E-state index in [2.05, 4.69) is 30.4 Å². The molecule has 0 heterocycles. The predicted molar refractivity (Wildman–Crippen MR) is 85.3 cm³/mol. The first-order chi connectivity index (χ1) is 9.78. The molecule has 3 N–H and O–H groups in total. The molecular formula is C17H28N2O. The Kier molecular flexibility index (Phi) is 6.19. The molecule has 0 saturated heterocycles. The third-order valence-corrected chi connectivity index (χ3v) is 4.09. The van der Waals surface area contributed by atoms with E-state index in [-0.39, 0.29) is 0 Å². The fourth-order valence-corrected chi connectivity index (χ4v) is 2.68. The van der Waals surface area contributed by atoms with Crippen LogP contribution < -0.4 is 15.8 Å². The van der Waals surface area contributed by atoms with Crippen LogP contribution in [0, 0.1) is 5.92 Å². The Labute approximate surface area is 122 Å². The second kappa shape index (κ2) is 8.15. The van der Waals surface area contributed by atoms with Crippen molar-refractivity contribution in [1.82, 2.24) is 0 Å². The zero-order valence-corrected chi connectivity index (χ0v) is 12.6. The topological polar surface area (TPSA) is 47.3 Å². The van der Waals surface area contributed by atoms with Crippen molar-refractivity contribution in [2.45, 2.75) is 51.5 Å². The molecular weight excluding hydrogens is 248 g/mol. The van der Waals surface area contributed by atoms with Gasteiger partial charge in [-0.15, -0.1) is 0 Å². The van der Waals surface area contributed by atoms with E-state index in [0.717, 1.165) is 36.9 Å². The summed E-state index contributed by atoms with van der Waals surface area (Å²) in [6, 6.07) is 8.73. The van der Waals surface area contributed by atoms with Crippen molar-refractivity contribution in [3.8, 4) is 5.75 Å². The molecule has 0 amide bonds. The predicted octanol–water partition coefficient (Wildman–Crippen LogP) is 3.79. The molecule has 0 spiro atoms. The summed E-state index contributed by atoms with van der Waals surface area (Å²) in [6.07, 6.45) is 7.13. The van der Waals surface area contributed by atoms with Crippen molar-refractivity contribution in [2.24, 2.45) is 11.7 Å². The maximum Gasteiger partial charge on any atom is 0.121 e. The minimum Gasteiger partial charge on any atom is -0.494 e. The number of benzene rings is 1. The fraction of sp³-hybridized carbons (Fsp3) is 0.647. The monoisotopic (exact) mass is 276 g/mol. The summed E-state index contributed by atoms with van der Waals surface area (Å²) in [4.78, 5) is 0. The van der Waals surface area contributed by atoms with Crippen LogP contribution in [-0.2, 0) is 0 Å². The van der Waals surface area contributed by atoms with Gasteiger partial charge in [0.15, 0.2) is 0 Å². The first kappa shape index (κ1) is 15.2. The third kappa shape index (κ3) is 5.04. The Morgan fingerprint density at radius 2 is 2.05 bits per heavy atom. The zero-order valence-electron chi connectivity index (χ0n) is 12.6. The number of anilines is 1. The van der Waals surface area contributed by atoms with Gasteiger partial charge in [-0.25, -0.2) is 0 Å². The van der Waals surface area contributed by atoms with Gasteiger partial charge in [-0.05, 0) is 50.2 Å². The molecule has 1 aromatic rings. The lowest BCUT2D eigenvalue weighted by Crippen LogP contribution is -2.29. The van der Waals surface area contributed by atoms with Gasteiger partial charge in [-0.1, -0.05) is 19.4 Å². The normalized spacial score (nSPS) is 22.5. The van der Waals surface area contributed by atoms with Crippen molar-refractivity contribution in [1.29, 1.82) is 0 Å². The molecule has 3 nitrogen and oxygen atoms in total. The Morgan fingerprint density at radius 3 is 2.80 bits per heavy atom. The minimum absolute atomic E-state index is 0.432. The summed E-state index contributed by atoms with van der Waals surface area (Å²) in [5.41, 5.74) is 7.11. The highest BCUT2D eigenvalue weighted by molar-refractivity contribution is 5.48. The molecule has 112 valence electrons. The van der Waals surface area contributed by atoms with Crippen molar-refractivity contribution in [3.63, 3.8) is 0 Å². The van der Waals surface area contributed by atoms with Crippen LogP contribution in [0.25, 0.3) is 0 Å². The lowest BCUT2D eigenvalue weighted by Gasteiger charge is -2.26. The van der Waals surface area contributed by atoms with Crippen LogP contribution in [0.5, 0.6) is 5.75 Å². The number of nitrogens with two attached hydrogens (primary N) is 1. The maximum atomic E-state index is 5.95. The summed E-state index contributed by atoms with van der Waals surface area (Å²) in [7, 11) is 0. The average molecular weight is 276 g/mol. The largest absolute Gasteiger partial charge is 0.494 e. The molecule has 1 saturated carbocycles. The van der Waals surface area contributed by atoms with E-state index in [1.807, 2.05) is 6.07 Å². The second-order valence-corrected chi connectivity index (χ2v) is 5.89. The van der Waals surface area contributed by atoms with Crippen LogP contribution in [0.15, 0.2) is 24.3 Å². The van der Waals surface area contributed by atoms with Gasteiger partial charge in [0.25, 0.3) is 0 Å². The van der Waals surface area contributed by atoms with Gasteiger partial charge in [0.2, 0.25) is 0 Å². The van der Waals surface area contributed by atoms with Crippen molar-refractivity contribution in [3.05, 3.63) is 24.3 Å². The molecule has 0 unspecified atom stereocenters. The SMILES string of the molecule is CCCCOc1cccc(NCC2CCC(N)CC2)c1. The quantitative estimate of drug-likeness (QED) is 0.745. The number of unbranched alkanes of at least 4 members (excludes halogenated alkanes) is 1. The minimum atomic E-state index is 0.432. The van der Waals surface area contributed by atoms with Gasteiger partial charge in [0.1, 0.15) is 5.75 Å². The van der Waals surface area contributed by atoms with Gasteiger partial charge in [0, 0.05) is 24.3 Å². The summed E-state index contributed by atoms with van der Waals surface area (Å²) in [6.45, 7) is 4.03. The summed E-state index contributed by atoms with van der Waals surface area (Å²) in [5.74, 6) is 1.73. The number of hydrogen-bond acceptors (Lipinski definition) is 3. The highest BCUT2D eigenvalue weighted by atomic mass is 16.5. The van der Waals surface area contributed by atoms with E-state index in [1.54, 1.807) is 0 Å². The Bertz CT molecular complexity index is 386. The second-order valence-electron chi connectivity index (χ2n) is 5.89. The first-order valence-electron chi connectivity index (χ1n) is 8.00. The highest BCUT2D eigenvalue weighted by Crippen LogP contribution is 2.24. The Balaban J connectivity index is 1.76. The van der Waals surface area contributed by atoms with E-state index >= 15 is 0 Å². The molecule has 0 aromatic heterocycles. The Hall–Kier alpha value is -1.22. The molecule has 0 radical (unpaired) electrons. The first-order valence-corrected chi connectivity index (χ1v) is 8.00. The zero-order chi connectivity index (χ0) is 14.2. The van der Waals surface area contributed by atoms with Crippen molar-refractivity contribution < 1.29 is 4.74 Å². The van der Waals surface area contributed by atoms with Crippen LogP contribution in [0.3, 0.4) is 0 Å². The fourth-order valence-electron chi connectivity index (χ4n) is 2.68. The third-order valence-electron chi connectivity index (χ3n) is 4.09. The van der Waals surface area contributed by atoms with Crippen LogP contribution in [-0.4, -0.2) is 19.2 Å². The number of rotatable bonds is 7.